The maximum Gasteiger partial charge on any atom is 0.233 e. The van der Waals surface area contributed by atoms with Crippen LogP contribution in [0.1, 0.15) is 207 Å². The molecule has 47 heavy (non-hydrogen) atoms. The third kappa shape index (κ3) is 14.9. The lowest BCUT2D eigenvalue weighted by molar-refractivity contribution is -0.138. The Balaban J connectivity index is -0.000000258. The van der Waals surface area contributed by atoms with Crippen molar-refractivity contribution in [1.29, 1.82) is 0 Å². The van der Waals surface area contributed by atoms with Gasteiger partial charge in [0.25, 0.3) is 0 Å². The van der Waals surface area contributed by atoms with Crippen LogP contribution in [0.25, 0.3) is 0 Å². The molecule has 0 bridgehead atoms. The highest BCUT2D eigenvalue weighted by Crippen LogP contribution is 2.52. The largest absolute Gasteiger partial charge is 0.285 e. The number of hydrogen-bond acceptors (Lipinski definition) is 2. The molecule has 2 amide bonds. The zero-order chi connectivity index (χ0) is 40.0. The van der Waals surface area contributed by atoms with E-state index < -0.39 is 0 Å². The van der Waals surface area contributed by atoms with Gasteiger partial charge in [-0.05, 0) is 54.1 Å². The highest BCUT2D eigenvalue weighted by atomic mass is 16.2. The lowest BCUT2D eigenvalue weighted by atomic mass is 9.56. The second kappa shape index (κ2) is 16.9. The van der Waals surface area contributed by atoms with E-state index >= 15 is 0 Å². The van der Waals surface area contributed by atoms with Crippen molar-refractivity contribution in [2.45, 2.75) is 207 Å². The molecule has 3 heteroatoms. The first kappa shape index (κ1) is 52.9. The first-order valence-corrected chi connectivity index (χ1v) is 18.6. The Bertz CT molecular complexity index is 795. The van der Waals surface area contributed by atoms with Gasteiger partial charge in [0.05, 0.1) is 5.92 Å². The summed E-state index contributed by atoms with van der Waals surface area (Å²) in [6, 6.07) is 0. The molecule has 1 aliphatic heterocycles. The van der Waals surface area contributed by atoms with E-state index in [0.29, 0.717) is 55.2 Å². The number of rotatable bonds is 0. The van der Waals surface area contributed by atoms with E-state index in [4.69, 9.17) is 0 Å². The molecule has 0 aromatic carbocycles. The number of amides is 2. The summed E-state index contributed by atoms with van der Waals surface area (Å²) in [4.78, 5) is 23.8. The number of hydrogen-bond donors (Lipinski definition) is 0. The molecular formula is C44H93NO2. The highest BCUT2D eigenvalue weighted by molar-refractivity contribution is 6.03. The van der Waals surface area contributed by atoms with Crippen LogP contribution in [0.2, 0.25) is 0 Å². The molecule has 1 atom stereocenters. The third-order valence-corrected chi connectivity index (χ3v) is 13.7. The van der Waals surface area contributed by atoms with Crippen LogP contribution in [0.3, 0.4) is 0 Å². The van der Waals surface area contributed by atoms with Gasteiger partial charge < -0.3 is 0 Å². The van der Waals surface area contributed by atoms with Gasteiger partial charge in [-0.1, -0.05) is 201 Å². The smallest absolute Gasteiger partial charge is 0.233 e. The number of likely N-dealkylation sites (tertiary alicyclic amines) is 1. The van der Waals surface area contributed by atoms with E-state index in [1.54, 1.807) is 7.05 Å². The Labute approximate surface area is 300 Å². The SMILES string of the molecule is CC.CC(C)(C)C(C)(C)C(C)(C)C.CC(C)(C)C(C)(C)C(C)(C)C.CC(C)(C)C(C)(C)C(C)(C)C.CN1C(=O)CC(C(C)(C)C)C1=O. The fraction of sp³-hybridized carbons (Fsp3) is 0.955. The molecule has 1 saturated heterocycles. The van der Waals surface area contributed by atoms with E-state index in [9.17, 15) is 9.59 Å². The maximum absolute atomic E-state index is 11.5. The Morgan fingerprint density at radius 3 is 0.617 bits per heavy atom. The van der Waals surface area contributed by atoms with E-state index in [1.807, 2.05) is 34.6 Å². The standard InChI is InChI=1S/3C11H24.C9H15NO2.C2H6/c3*1-9(2,3)11(7,8)10(4,5)6;1-9(2,3)6-5-7(11)10(4)8(6)12;1-2/h3*1-8H3;6H,5H2,1-4H3;1-2H3. The summed E-state index contributed by atoms with van der Waals surface area (Å²) in [5.41, 5.74) is 3.31. The number of nitrogens with zero attached hydrogens (tertiary/aromatic N) is 1. The molecular weight excluding hydrogens is 574 g/mol. The summed E-state index contributed by atoms with van der Waals surface area (Å²) in [6.07, 6.45) is 0.374. The molecule has 3 nitrogen and oxygen atoms in total. The molecule has 1 aliphatic rings. The van der Waals surface area contributed by atoms with Gasteiger partial charge in [0.2, 0.25) is 11.8 Å². The van der Waals surface area contributed by atoms with Crippen LogP contribution >= 0.6 is 0 Å². The molecule has 0 N–H and O–H groups in total. The van der Waals surface area contributed by atoms with E-state index in [1.165, 1.54) is 4.90 Å². The maximum atomic E-state index is 11.5. The Kier molecular flexibility index (Phi) is 19.0. The van der Waals surface area contributed by atoms with E-state index in [0.717, 1.165) is 0 Å². The molecule has 1 heterocycles. The van der Waals surface area contributed by atoms with Crippen LogP contribution in [0.4, 0.5) is 0 Å². The van der Waals surface area contributed by atoms with Gasteiger partial charge in [-0.2, -0.15) is 0 Å². The Morgan fingerprint density at radius 1 is 0.404 bits per heavy atom. The van der Waals surface area contributed by atoms with Crippen molar-refractivity contribution in [2.75, 3.05) is 7.05 Å². The minimum Gasteiger partial charge on any atom is -0.285 e. The fourth-order valence-electron chi connectivity index (χ4n) is 4.81. The highest BCUT2D eigenvalue weighted by Gasteiger charge is 2.44. The lowest BCUT2D eigenvalue weighted by Gasteiger charge is -2.49. The van der Waals surface area contributed by atoms with Crippen molar-refractivity contribution >= 4 is 11.8 Å². The van der Waals surface area contributed by atoms with E-state index in [-0.39, 0.29) is 23.1 Å². The quantitative estimate of drug-likeness (QED) is 0.241. The van der Waals surface area contributed by atoms with E-state index in [2.05, 4.69) is 166 Å². The molecule has 0 spiro atoms. The van der Waals surface area contributed by atoms with Crippen molar-refractivity contribution in [1.82, 2.24) is 4.90 Å². The molecule has 1 unspecified atom stereocenters. The zero-order valence-corrected chi connectivity index (χ0v) is 38.5. The van der Waals surface area contributed by atoms with Crippen LogP contribution in [0.15, 0.2) is 0 Å². The summed E-state index contributed by atoms with van der Waals surface area (Å²) >= 11 is 0. The first-order chi connectivity index (χ1) is 19.8. The minimum atomic E-state index is -0.130. The molecule has 0 aromatic heterocycles. The fourth-order valence-corrected chi connectivity index (χ4v) is 4.81. The minimum absolute atomic E-state index is 0.0347. The van der Waals surface area contributed by atoms with Gasteiger partial charge in [0, 0.05) is 13.5 Å². The normalized spacial score (nSPS) is 17.3. The number of carbonyl (C=O) groups is 2. The average Bonchev–Trinajstić information content (AvgIpc) is 3.05. The molecule has 0 aromatic rings. The van der Waals surface area contributed by atoms with Crippen LogP contribution in [0, 0.1) is 60.1 Å². The molecule has 0 aliphatic carbocycles. The second-order valence-corrected chi connectivity index (χ2v) is 22.8. The predicted molar refractivity (Wildman–Crippen MR) is 215 cm³/mol. The van der Waals surface area contributed by atoms with Gasteiger partial charge in [-0.3, -0.25) is 14.5 Å². The summed E-state index contributed by atoms with van der Waals surface area (Å²) in [5.74, 6) is -0.220. The molecule has 1 fully saturated rings. The zero-order valence-electron chi connectivity index (χ0n) is 38.5. The number of carbonyl (C=O) groups excluding carboxylic acids is 2. The Morgan fingerprint density at radius 2 is 0.574 bits per heavy atom. The first-order valence-electron chi connectivity index (χ1n) is 18.6. The Hall–Kier alpha value is -0.860. The van der Waals surface area contributed by atoms with Crippen molar-refractivity contribution in [3.05, 3.63) is 0 Å². The van der Waals surface area contributed by atoms with Gasteiger partial charge >= 0.3 is 0 Å². The van der Waals surface area contributed by atoms with Gasteiger partial charge in [0.15, 0.2) is 0 Å². The third-order valence-electron chi connectivity index (χ3n) is 13.7. The van der Waals surface area contributed by atoms with Crippen LogP contribution < -0.4 is 0 Å². The number of imide groups is 1. The summed E-state index contributed by atoms with van der Waals surface area (Å²) < 4.78 is 0. The van der Waals surface area contributed by atoms with Crippen molar-refractivity contribution in [2.24, 2.45) is 60.1 Å². The summed E-state index contributed by atoms with van der Waals surface area (Å²) in [5, 5.41) is 0. The average molecular weight is 668 g/mol. The van der Waals surface area contributed by atoms with Crippen molar-refractivity contribution < 1.29 is 9.59 Å². The van der Waals surface area contributed by atoms with Crippen LogP contribution in [-0.2, 0) is 9.59 Å². The second-order valence-electron chi connectivity index (χ2n) is 22.8. The lowest BCUT2D eigenvalue weighted by Crippen LogP contribution is -2.41. The van der Waals surface area contributed by atoms with Crippen LogP contribution in [0.5, 0.6) is 0 Å². The van der Waals surface area contributed by atoms with Crippen molar-refractivity contribution in [3.8, 4) is 0 Å². The van der Waals surface area contributed by atoms with Crippen molar-refractivity contribution in [3.63, 3.8) is 0 Å². The van der Waals surface area contributed by atoms with Crippen LogP contribution in [-0.4, -0.2) is 23.8 Å². The van der Waals surface area contributed by atoms with Gasteiger partial charge in [0.1, 0.15) is 0 Å². The molecule has 1 rings (SSSR count). The summed E-state index contributed by atoms with van der Waals surface area (Å²) in [6.45, 7) is 65.8. The van der Waals surface area contributed by atoms with Gasteiger partial charge in [-0.15, -0.1) is 0 Å². The molecule has 0 saturated carbocycles. The predicted octanol–water partition coefficient (Wildman–Crippen LogP) is 14.4. The van der Waals surface area contributed by atoms with Gasteiger partial charge in [-0.25, -0.2) is 0 Å². The topological polar surface area (TPSA) is 37.4 Å². The summed E-state index contributed by atoms with van der Waals surface area (Å²) in [7, 11) is 1.55. The molecule has 0 radical (unpaired) electrons. The monoisotopic (exact) mass is 668 g/mol. The molecule has 286 valence electrons.